The van der Waals surface area contributed by atoms with E-state index in [0.29, 0.717) is 0 Å². The number of rotatable bonds is 14. The standard InChI is InChI=1S/C22H33N5O8/c1-11(28)17(21(33)27-18(12(2)29)22(34)35)26-20(32)15(8-9-16(24)30)25-19(31)14(23)10-13-6-4-3-5-7-13/h3-7,11-12,14-15,17-18,28-29H,8-10,23H2,1-2H3,(H2,24,30)(H,25,31)(H,26,32)(H,27,33)(H,34,35). The first-order valence-electron chi connectivity index (χ1n) is 10.9. The van der Waals surface area contributed by atoms with Crippen LogP contribution in [0.2, 0.25) is 0 Å². The van der Waals surface area contributed by atoms with Gasteiger partial charge >= 0.3 is 5.97 Å². The van der Waals surface area contributed by atoms with Gasteiger partial charge < -0.3 is 42.7 Å². The monoisotopic (exact) mass is 495 g/mol. The maximum atomic E-state index is 12.9. The topological polar surface area (TPSA) is 234 Å². The third kappa shape index (κ3) is 10.1. The molecule has 13 heteroatoms. The number of benzene rings is 1. The Morgan fingerprint density at radius 2 is 1.40 bits per heavy atom. The first kappa shape index (κ1) is 29.5. The molecule has 35 heavy (non-hydrogen) atoms. The number of nitrogens with two attached hydrogens (primary N) is 2. The van der Waals surface area contributed by atoms with Crippen LogP contribution in [0.15, 0.2) is 30.3 Å². The normalized spacial score (nSPS) is 16.0. The van der Waals surface area contributed by atoms with Crippen molar-refractivity contribution < 1.29 is 39.3 Å². The third-order valence-electron chi connectivity index (χ3n) is 5.06. The van der Waals surface area contributed by atoms with Gasteiger partial charge in [-0.2, -0.15) is 0 Å². The van der Waals surface area contributed by atoms with Crippen LogP contribution in [0.3, 0.4) is 0 Å². The van der Waals surface area contributed by atoms with E-state index in [-0.39, 0.29) is 19.3 Å². The van der Waals surface area contributed by atoms with E-state index in [1.54, 1.807) is 30.3 Å². The number of hydrogen-bond donors (Lipinski definition) is 8. The highest BCUT2D eigenvalue weighted by Gasteiger charge is 2.34. The Morgan fingerprint density at radius 1 is 0.857 bits per heavy atom. The minimum absolute atomic E-state index is 0.172. The van der Waals surface area contributed by atoms with Gasteiger partial charge in [-0.05, 0) is 32.3 Å². The van der Waals surface area contributed by atoms with Crippen LogP contribution < -0.4 is 27.4 Å². The average molecular weight is 496 g/mol. The minimum Gasteiger partial charge on any atom is -0.480 e. The lowest BCUT2D eigenvalue weighted by Crippen LogP contribution is -2.61. The van der Waals surface area contributed by atoms with Gasteiger partial charge in [-0.3, -0.25) is 19.2 Å². The summed E-state index contributed by atoms with van der Waals surface area (Å²) in [6, 6.07) is 3.21. The van der Waals surface area contributed by atoms with Crippen molar-refractivity contribution in [2.75, 3.05) is 0 Å². The molecular formula is C22H33N5O8. The van der Waals surface area contributed by atoms with Crippen molar-refractivity contribution in [1.29, 1.82) is 0 Å². The van der Waals surface area contributed by atoms with Crippen LogP contribution in [0.25, 0.3) is 0 Å². The van der Waals surface area contributed by atoms with Gasteiger partial charge in [0.1, 0.15) is 12.1 Å². The van der Waals surface area contributed by atoms with E-state index in [1.165, 1.54) is 6.92 Å². The number of primary amides is 1. The minimum atomic E-state index is -1.69. The number of amides is 4. The van der Waals surface area contributed by atoms with Gasteiger partial charge in [-0.1, -0.05) is 30.3 Å². The van der Waals surface area contributed by atoms with E-state index in [0.717, 1.165) is 12.5 Å². The van der Waals surface area contributed by atoms with Gasteiger partial charge in [0, 0.05) is 6.42 Å². The molecular weight excluding hydrogens is 462 g/mol. The van der Waals surface area contributed by atoms with Gasteiger partial charge in [0.05, 0.1) is 18.2 Å². The molecule has 0 saturated carbocycles. The highest BCUT2D eigenvalue weighted by atomic mass is 16.4. The number of carbonyl (C=O) groups excluding carboxylic acids is 4. The SMILES string of the molecule is CC(O)C(NC(=O)C(NC(=O)C(CCC(N)=O)NC(=O)C(N)Cc1ccccc1)C(C)O)C(=O)O. The molecule has 0 fully saturated rings. The van der Waals surface area contributed by atoms with E-state index >= 15 is 0 Å². The zero-order valence-electron chi connectivity index (χ0n) is 19.5. The first-order chi connectivity index (χ1) is 16.3. The fourth-order valence-electron chi connectivity index (χ4n) is 3.09. The molecule has 6 unspecified atom stereocenters. The van der Waals surface area contributed by atoms with E-state index in [9.17, 15) is 34.2 Å². The molecule has 0 heterocycles. The predicted octanol–water partition coefficient (Wildman–Crippen LogP) is -2.88. The zero-order chi connectivity index (χ0) is 26.7. The van der Waals surface area contributed by atoms with Crippen LogP contribution in [0.5, 0.6) is 0 Å². The lowest BCUT2D eigenvalue weighted by atomic mass is 10.0. The molecule has 0 radical (unpaired) electrons. The van der Waals surface area contributed by atoms with Gasteiger partial charge in [0.2, 0.25) is 23.6 Å². The van der Waals surface area contributed by atoms with Crippen molar-refractivity contribution in [2.24, 2.45) is 11.5 Å². The summed E-state index contributed by atoms with van der Waals surface area (Å²) in [7, 11) is 0. The van der Waals surface area contributed by atoms with Crippen LogP contribution in [-0.2, 0) is 30.4 Å². The number of aliphatic hydroxyl groups is 2. The van der Waals surface area contributed by atoms with Gasteiger partial charge in [0.15, 0.2) is 6.04 Å². The summed E-state index contributed by atoms with van der Waals surface area (Å²) in [4.78, 5) is 60.5. The van der Waals surface area contributed by atoms with Gasteiger partial charge in [-0.25, -0.2) is 4.79 Å². The second-order valence-corrected chi connectivity index (χ2v) is 8.15. The maximum absolute atomic E-state index is 12.9. The fraction of sp³-hybridized carbons (Fsp3) is 0.500. The van der Waals surface area contributed by atoms with Crippen LogP contribution in [0.1, 0.15) is 32.3 Å². The summed E-state index contributed by atoms with van der Waals surface area (Å²) in [6.45, 7) is 2.32. The molecule has 0 aliphatic rings. The average Bonchev–Trinajstić information content (AvgIpc) is 2.77. The number of nitrogens with one attached hydrogen (secondary N) is 3. The Morgan fingerprint density at radius 3 is 1.89 bits per heavy atom. The molecule has 194 valence electrons. The fourth-order valence-corrected chi connectivity index (χ4v) is 3.09. The maximum Gasteiger partial charge on any atom is 0.328 e. The lowest BCUT2D eigenvalue weighted by molar-refractivity contribution is -0.146. The number of carbonyl (C=O) groups is 5. The van der Waals surface area contributed by atoms with Crippen molar-refractivity contribution >= 4 is 29.6 Å². The van der Waals surface area contributed by atoms with Crippen LogP contribution in [-0.4, -0.2) is 81.3 Å². The molecule has 13 nitrogen and oxygen atoms in total. The third-order valence-corrected chi connectivity index (χ3v) is 5.06. The quantitative estimate of drug-likeness (QED) is 0.132. The molecule has 0 saturated heterocycles. The van der Waals surface area contributed by atoms with Crippen LogP contribution >= 0.6 is 0 Å². The Kier molecular flexibility index (Phi) is 11.8. The predicted molar refractivity (Wildman–Crippen MR) is 123 cm³/mol. The van der Waals surface area contributed by atoms with Gasteiger partial charge in [-0.15, -0.1) is 0 Å². The molecule has 4 amide bonds. The highest BCUT2D eigenvalue weighted by molar-refractivity contribution is 5.94. The Balaban J connectivity index is 2.96. The van der Waals surface area contributed by atoms with Gasteiger partial charge in [0.25, 0.3) is 0 Å². The molecule has 0 aliphatic heterocycles. The van der Waals surface area contributed by atoms with E-state index in [1.807, 2.05) is 5.32 Å². The van der Waals surface area contributed by atoms with Crippen molar-refractivity contribution in [3.63, 3.8) is 0 Å². The first-order valence-corrected chi connectivity index (χ1v) is 10.9. The molecule has 0 spiro atoms. The molecule has 10 N–H and O–H groups in total. The second-order valence-electron chi connectivity index (χ2n) is 8.15. The molecule has 0 bridgehead atoms. The van der Waals surface area contributed by atoms with Crippen molar-refractivity contribution in [1.82, 2.24) is 16.0 Å². The number of aliphatic carboxylic acids is 1. The largest absolute Gasteiger partial charge is 0.480 e. The summed E-state index contributed by atoms with van der Waals surface area (Å²) < 4.78 is 0. The smallest absolute Gasteiger partial charge is 0.328 e. The van der Waals surface area contributed by atoms with Crippen molar-refractivity contribution in [2.45, 2.75) is 69.5 Å². The Bertz CT molecular complexity index is 893. The number of carboxylic acid groups (broad SMARTS) is 1. The highest BCUT2D eigenvalue weighted by Crippen LogP contribution is 2.05. The molecule has 0 aliphatic carbocycles. The van der Waals surface area contributed by atoms with E-state index in [2.05, 4.69) is 10.6 Å². The number of aliphatic hydroxyl groups excluding tert-OH is 2. The van der Waals surface area contributed by atoms with E-state index in [4.69, 9.17) is 16.6 Å². The molecule has 0 aromatic heterocycles. The van der Waals surface area contributed by atoms with E-state index < -0.39 is 66.0 Å². The Labute approximate surface area is 202 Å². The molecule has 6 atom stereocenters. The summed E-state index contributed by atoms with van der Waals surface area (Å²) in [5.74, 6) is -4.98. The van der Waals surface area contributed by atoms with Crippen molar-refractivity contribution in [3.05, 3.63) is 35.9 Å². The van der Waals surface area contributed by atoms with Crippen LogP contribution in [0.4, 0.5) is 0 Å². The summed E-state index contributed by atoms with van der Waals surface area (Å²) in [5.41, 5.74) is 11.9. The summed E-state index contributed by atoms with van der Waals surface area (Å²) in [5, 5.41) is 35.4. The summed E-state index contributed by atoms with van der Waals surface area (Å²) >= 11 is 0. The zero-order valence-corrected chi connectivity index (χ0v) is 19.5. The lowest BCUT2D eigenvalue weighted by Gasteiger charge is -2.27. The summed E-state index contributed by atoms with van der Waals surface area (Å²) in [6.07, 6.45) is -3.26. The number of hydrogen-bond acceptors (Lipinski definition) is 8. The second kappa shape index (κ2) is 14.0. The molecule has 1 aromatic carbocycles. The van der Waals surface area contributed by atoms with Crippen LogP contribution in [0, 0.1) is 0 Å². The Hall–Kier alpha value is -3.55. The number of carboxylic acids is 1. The van der Waals surface area contributed by atoms with Crippen molar-refractivity contribution in [3.8, 4) is 0 Å². The molecule has 1 rings (SSSR count). The molecule has 1 aromatic rings.